The van der Waals surface area contributed by atoms with Crippen LogP contribution in [0.5, 0.6) is 0 Å². The minimum absolute atomic E-state index is 0.233. The van der Waals surface area contributed by atoms with E-state index in [4.69, 9.17) is 4.42 Å². The Labute approximate surface area is 140 Å². The quantitative estimate of drug-likeness (QED) is 0.632. The molecule has 1 amide bonds. The van der Waals surface area contributed by atoms with Crippen LogP contribution >= 0.6 is 0 Å². The van der Waals surface area contributed by atoms with Gasteiger partial charge in [0, 0.05) is 5.56 Å². The van der Waals surface area contributed by atoms with Crippen molar-refractivity contribution >= 4 is 22.7 Å². The Morgan fingerprint density at radius 1 is 1.08 bits per heavy atom. The number of amides is 1. The van der Waals surface area contributed by atoms with E-state index >= 15 is 0 Å². The van der Waals surface area contributed by atoms with Crippen LogP contribution in [0.15, 0.2) is 49.1 Å². The summed E-state index contributed by atoms with van der Waals surface area (Å²) >= 11 is 0. The molecule has 8 nitrogen and oxygen atoms in total. The van der Waals surface area contributed by atoms with Crippen LogP contribution in [0.4, 0.5) is 18.9 Å². The van der Waals surface area contributed by atoms with Crippen LogP contribution in [0.3, 0.4) is 0 Å². The second-order valence-electron chi connectivity index (χ2n) is 5.13. The lowest BCUT2D eigenvalue weighted by atomic mass is 10.1. The molecule has 0 saturated carbocycles. The van der Waals surface area contributed by atoms with Gasteiger partial charge in [-0.15, -0.1) is 0 Å². The minimum Gasteiger partial charge on any atom is -0.404 e. The normalized spacial score (nSPS) is 11.5. The van der Waals surface area contributed by atoms with Gasteiger partial charge in [-0.1, -0.05) is 6.07 Å². The summed E-state index contributed by atoms with van der Waals surface area (Å²) in [6.45, 7) is 0. The molecule has 0 radical (unpaired) electrons. The highest BCUT2D eigenvalue weighted by Crippen LogP contribution is 2.29. The zero-order valence-electron chi connectivity index (χ0n) is 12.6. The van der Waals surface area contributed by atoms with Gasteiger partial charge >= 0.3 is 17.5 Å². The van der Waals surface area contributed by atoms with Gasteiger partial charge in [0.25, 0.3) is 11.5 Å². The van der Waals surface area contributed by atoms with Gasteiger partial charge in [0.15, 0.2) is 0 Å². The maximum Gasteiger partial charge on any atom is 0.416 e. The number of rotatable bonds is 2. The number of benzene rings is 1. The average molecular weight is 367 g/mol. The number of fused-ring (bicyclic) bond motifs is 1. The topological polar surface area (TPSA) is 125 Å². The number of halogens is 3. The molecule has 0 aliphatic rings. The lowest BCUT2D eigenvalue weighted by Gasteiger charge is -2.09. The predicted molar refractivity (Wildman–Crippen MR) is 83.1 cm³/mol. The number of anilines is 1. The van der Waals surface area contributed by atoms with Gasteiger partial charge in [0.05, 0.1) is 5.56 Å². The summed E-state index contributed by atoms with van der Waals surface area (Å²) in [6.07, 6.45) is -4.64. The first-order chi connectivity index (χ1) is 12.1. The maximum absolute atomic E-state index is 12.7. The van der Waals surface area contributed by atoms with E-state index in [9.17, 15) is 32.3 Å². The van der Waals surface area contributed by atoms with E-state index in [0.717, 1.165) is 24.3 Å². The Morgan fingerprint density at radius 3 is 2.50 bits per heavy atom. The fourth-order valence-corrected chi connectivity index (χ4v) is 2.16. The third-order valence-corrected chi connectivity index (χ3v) is 3.35. The summed E-state index contributed by atoms with van der Waals surface area (Å²) in [5.41, 5.74) is -5.13. The van der Waals surface area contributed by atoms with Crippen LogP contribution in [-0.2, 0) is 6.18 Å². The van der Waals surface area contributed by atoms with Gasteiger partial charge < -0.3 is 9.73 Å². The summed E-state index contributed by atoms with van der Waals surface area (Å²) in [6, 6.07) is 4.51. The minimum atomic E-state index is -4.64. The zero-order valence-corrected chi connectivity index (χ0v) is 12.6. The van der Waals surface area contributed by atoms with Gasteiger partial charge in [0.1, 0.15) is 11.1 Å². The highest BCUT2D eigenvalue weighted by Gasteiger charge is 2.31. The Kier molecular flexibility index (Phi) is 3.98. The van der Waals surface area contributed by atoms with Crippen molar-refractivity contribution in [1.29, 1.82) is 0 Å². The molecule has 0 atom stereocenters. The number of carbonyl (C=O) groups is 1. The van der Waals surface area contributed by atoms with Crippen LogP contribution in [0.25, 0.3) is 11.1 Å². The van der Waals surface area contributed by atoms with Gasteiger partial charge in [-0.25, -0.2) is 9.59 Å². The lowest BCUT2D eigenvalue weighted by Crippen LogP contribution is -2.24. The molecule has 0 spiro atoms. The summed E-state index contributed by atoms with van der Waals surface area (Å²) in [5, 5.41) is 1.85. The van der Waals surface area contributed by atoms with E-state index in [-0.39, 0.29) is 10.9 Å². The smallest absolute Gasteiger partial charge is 0.404 e. The maximum atomic E-state index is 12.7. The number of hydrogen-bond acceptors (Lipinski definition) is 5. The van der Waals surface area contributed by atoms with E-state index < -0.39 is 45.9 Å². The van der Waals surface area contributed by atoms with Crippen molar-refractivity contribution in [2.45, 2.75) is 6.18 Å². The van der Waals surface area contributed by atoms with Crippen molar-refractivity contribution < 1.29 is 22.4 Å². The second kappa shape index (κ2) is 6.02. The number of hydrogen-bond donors (Lipinski definition) is 3. The molecule has 0 fully saturated rings. The van der Waals surface area contributed by atoms with Gasteiger partial charge in [-0.05, 0) is 24.3 Å². The summed E-state index contributed by atoms with van der Waals surface area (Å²) in [4.78, 5) is 50.8. The van der Waals surface area contributed by atoms with E-state index in [2.05, 4.69) is 10.3 Å². The Hall–Kier alpha value is -3.63. The van der Waals surface area contributed by atoms with Crippen LogP contribution in [-0.4, -0.2) is 15.9 Å². The highest BCUT2D eigenvalue weighted by atomic mass is 19.4. The van der Waals surface area contributed by atoms with Crippen LogP contribution in [0.1, 0.15) is 15.9 Å². The first kappa shape index (κ1) is 17.2. The molecule has 11 heteroatoms. The van der Waals surface area contributed by atoms with Crippen LogP contribution < -0.4 is 22.2 Å². The Bertz CT molecular complexity index is 1190. The van der Waals surface area contributed by atoms with Crippen molar-refractivity contribution in [3.8, 4) is 0 Å². The molecule has 0 bridgehead atoms. The Balaban J connectivity index is 2.00. The molecular formula is C15H8F3N3O5. The van der Waals surface area contributed by atoms with Crippen molar-refractivity contribution in [2.75, 3.05) is 5.32 Å². The molecule has 2 aromatic heterocycles. The molecule has 134 valence electrons. The number of aromatic nitrogens is 2. The van der Waals surface area contributed by atoms with E-state index in [0.29, 0.717) is 6.07 Å². The SMILES string of the molecule is O=C(Nc1cc2c(=O)[nH]c(=O)[nH]c2oc1=O)c1cccc(C(F)(F)F)c1. The fraction of sp³-hybridized carbons (Fsp3) is 0.0667. The molecule has 2 heterocycles. The second-order valence-corrected chi connectivity index (χ2v) is 5.13. The zero-order chi connectivity index (χ0) is 19.1. The summed E-state index contributed by atoms with van der Waals surface area (Å²) in [5.74, 6) is -1.01. The molecule has 0 aliphatic carbocycles. The number of alkyl halides is 3. The molecule has 3 N–H and O–H groups in total. The van der Waals surface area contributed by atoms with Crippen molar-refractivity contribution in [2.24, 2.45) is 0 Å². The largest absolute Gasteiger partial charge is 0.416 e. The molecule has 3 rings (SSSR count). The van der Waals surface area contributed by atoms with Crippen molar-refractivity contribution in [3.63, 3.8) is 0 Å². The van der Waals surface area contributed by atoms with Crippen molar-refractivity contribution in [1.82, 2.24) is 9.97 Å². The molecule has 0 unspecified atom stereocenters. The number of H-pyrrole nitrogens is 2. The fourth-order valence-electron chi connectivity index (χ4n) is 2.16. The standard InChI is InChI=1S/C15H8F3N3O5/c16-15(17,18)7-3-1-2-6(4-7)10(22)19-9-5-8-11(23)20-14(25)21-12(8)26-13(9)24/h1-5H,(H,19,22)(H2,20,21,23,25). The lowest BCUT2D eigenvalue weighted by molar-refractivity contribution is -0.137. The monoisotopic (exact) mass is 367 g/mol. The van der Waals surface area contributed by atoms with Crippen molar-refractivity contribution in [3.05, 3.63) is 72.7 Å². The van der Waals surface area contributed by atoms with Gasteiger partial charge in [-0.3, -0.25) is 19.6 Å². The van der Waals surface area contributed by atoms with Gasteiger partial charge in [-0.2, -0.15) is 13.2 Å². The third kappa shape index (κ3) is 3.27. The molecule has 1 aromatic carbocycles. The predicted octanol–water partition coefficient (Wildman–Crippen LogP) is 1.44. The Morgan fingerprint density at radius 2 is 1.81 bits per heavy atom. The molecular weight excluding hydrogens is 359 g/mol. The van der Waals surface area contributed by atoms with E-state index in [1.165, 1.54) is 0 Å². The molecule has 0 aliphatic heterocycles. The highest BCUT2D eigenvalue weighted by molar-refractivity contribution is 6.04. The average Bonchev–Trinajstić information content (AvgIpc) is 2.55. The molecule has 0 saturated heterocycles. The van der Waals surface area contributed by atoms with Crippen LogP contribution in [0.2, 0.25) is 0 Å². The first-order valence-corrected chi connectivity index (χ1v) is 6.94. The van der Waals surface area contributed by atoms with Gasteiger partial charge in [0.2, 0.25) is 5.71 Å². The molecule has 3 aromatic rings. The summed E-state index contributed by atoms with van der Waals surface area (Å²) < 4.78 is 42.9. The van der Waals surface area contributed by atoms with E-state index in [1.807, 2.05) is 4.98 Å². The number of aromatic amines is 2. The number of nitrogens with one attached hydrogen (secondary N) is 3. The molecule has 26 heavy (non-hydrogen) atoms. The summed E-state index contributed by atoms with van der Waals surface area (Å²) in [7, 11) is 0. The van der Waals surface area contributed by atoms with E-state index in [1.54, 1.807) is 0 Å². The number of carbonyl (C=O) groups excluding carboxylic acids is 1. The first-order valence-electron chi connectivity index (χ1n) is 6.94. The van der Waals surface area contributed by atoms with Crippen LogP contribution in [0, 0.1) is 0 Å². The third-order valence-electron chi connectivity index (χ3n) is 3.35.